The minimum Gasteiger partial charge on any atom is -0.497 e. The van der Waals surface area contributed by atoms with Crippen LogP contribution in [0.1, 0.15) is 37.4 Å². The predicted molar refractivity (Wildman–Crippen MR) is 137 cm³/mol. The van der Waals surface area contributed by atoms with Crippen molar-refractivity contribution in [2.75, 3.05) is 38.6 Å². The molecule has 0 spiro atoms. The van der Waals surface area contributed by atoms with Gasteiger partial charge < -0.3 is 20.1 Å². The number of methoxy groups -OCH3 is 1. The molecule has 0 unspecified atom stereocenters. The Bertz CT molecular complexity index is 1250. The first-order valence-electron chi connectivity index (χ1n) is 12.1. The molecule has 1 atom stereocenters. The topological polar surface area (TPSA) is 74.7 Å². The second-order valence-electron chi connectivity index (χ2n) is 9.42. The van der Waals surface area contributed by atoms with E-state index in [0.29, 0.717) is 66.9 Å². The van der Waals surface area contributed by atoms with Gasteiger partial charge in [-0.25, -0.2) is 13.2 Å². The summed E-state index contributed by atoms with van der Waals surface area (Å²) in [4.78, 5) is 18.6. The summed E-state index contributed by atoms with van der Waals surface area (Å²) in [5, 5.41) is 13.8. The van der Waals surface area contributed by atoms with Crippen LogP contribution in [0.15, 0.2) is 42.6 Å². The van der Waals surface area contributed by atoms with Gasteiger partial charge in [-0.15, -0.1) is 0 Å². The van der Waals surface area contributed by atoms with Crippen LogP contribution in [0.3, 0.4) is 0 Å². The van der Waals surface area contributed by atoms with Gasteiger partial charge in [0.25, 0.3) is 0 Å². The van der Waals surface area contributed by atoms with Crippen molar-refractivity contribution in [3.63, 3.8) is 0 Å². The second kappa shape index (κ2) is 11.6. The molecule has 1 aliphatic heterocycles. The fraction of sp³-hybridized carbons (Fsp3) is 0.407. The summed E-state index contributed by atoms with van der Waals surface area (Å²) in [6.45, 7) is 2.09. The molecule has 37 heavy (non-hydrogen) atoms. The van der Waals surface area contributed by atoms with Gasteiger partial charge in [-0.3, -0.25) is 9.78 Å². The second-order valence-corrected chi connectivity index (χ2v) is 9.83. The molecule has 2 heterocycles. The van der Waals surface area contributed by atoms with Crippen molar-refractivity contribution in [3.05, 3.63) is 64.8 Å². The minimum atomic E-state index is -1.46. The van der Waals surface area contributed by atoms with E-state index in [-0.39, 0.29) is 17.9 Å². The number of nitrogens with zero attached hydrogens (tertiary/aromatic N) is 2. The lowest BCUT2D eigenvalue weighted by Gasteiger charge is -2.39. The van der Waals surface area contributed by atoms with Crippen LogP contribution < -0.4 is 10.1 Å². The third kappa shape index (κ3) is 6.27. The largest absolute Gasteiger partial charge is 0.497 e. The number of aliphatic carboxylic acids is 1. The van der Waals surface area contributed by atoms with Gasteiger partial charge in [-0.2, -0.15) is 0 Å². The maximum absolute atomic E-state index is 15.6. The summed E-state index contributed by atoms with van der Waals surface area (Å²) in [5.41, 5.74) is 0.192. The van der Waals surface area contributed by atoms with Gasteiger partial charge in [0.1, 0.15) is 23.6 Å². The molecule has 10 heteroatoms. The molecular weight excluding hydrogens is 507 g/mol. The number of carbonyl (C=O) groups is 1. The van der Waals surface area contributed by atoms with Crippen LogP contribution in [-0.2, 0) is 4.79 Å². The highest BCUT2D eigenvalue weighted by atomic mass is 35.5. The van der Waals surface area contributed by atoms with E-state index in [1.807, 2.05) is 0 Å². The fourth-order valence-electron chi connectivity index (χ4n) is 4.95. The molecule has 2 N–H and O–H groups in total. The number of carboxylic acids is 1. The number of ether oxygens (including phenoxy) is 1. The van der Waals surface area contributed by atoms with Crippen molar-refractivity contribution in [1.29, 1.82) is 0 Å². The number of hydrogen-bond donors (Lipinski definition) is 2. The van der Waals surface area contributed by atoms with E-state index in [9.17, 15) is 18.7 Å². The smallest absolute Gasteiger partial charge is 0.309 e. The summed E-state index contributed by atoms with van der Waals surface area (Å²) in [6, 6.07) is 8.40. The van der Waals surface area contributed by atoms with E-state index < -0.39 is 29.2 Å². The summed E-state index contributed by atoms with van der Waals surface area (Å²) < 4.78 is 47.6. The van der Waals surface area contributed by atoms with Gasteiger partial charge >= 0.3 is 5.97 Å². The zero-order valence-electron chi connectivity index (χ0n) is 20.4. The lowest BCUT2D eigenvalue weighted by molar-refractivity contribution is -0.153. The molecule has 1 aliphatic rings. The molecule has 0 radical (unpaired) electrons. The van der Waals surface area contributed by atoms with Crippen LogP contribution >= 0.6 is 11.6 Å². The molecule has 0 amide bonds. The van der Waals surface area contributed by atoms with Crippen LogP contribution in [0.4, 0.5) is 18.9 Å². The van der Waals surface area contributed by atoms with E-state index >= 15 is 4.39 Å². The summed E-state index contributed by atoms with van der Waals surface area (Å²) in [7, 11) is 1.52. The van der Waals surface area contributed by atoms with Crippen LogP contribution in [0.25, 0.3) is 10.9 Å². The van der Waals surface area contributed by atoms with Crippen molar-refractivity contribution >= 4 is 34.2 Å². The Labute approximate surface area is 218 Å². The third-order valence-corrected chi connectivity index (χ3v) is 7.45. The van der Waals surface area contributed by atoms with E-state index in [4.69, 9.17) is 16.3 Å². The van der Waals surface area contributed by atoms with E-state index in [0.717, 1.165) is 6.07 Å². The molecule has 0 bridgehead atoms. The lowest BCUT2D eigenvalue weighted by atomic mass is 9.74. The number of rotatable bonds is 10. The molecule has 1 aromatic heterocycles. The fourth-order valence-corrected chi connectivity index (χ4v) is 5.22. The number of halogens is 4. The van der Waals surface area contributed by atoms with Crippen molar-refractivity contribution in [1.82, 2.24) is 9.88 Å². The number of nitrogens with one attached hydrogen (secondary N) is 1. The van der Waals surface area contributed by atoms with Crippen LogP contribution in [0, 0.1) is 17.0 Å². The van der Waals surface area contributed by atoms with Gasteiger partial charge in [0.15, 0.2) is 0 Å². The van der Waals surface area contributed by atoms with E-state index in [2.05, 4.69) is 15.2 Å². The lowest BCUT2D eigenvalue weighted by Crippen LogP contribution is -2.45. The molecule has 3 aromatic rings. The van der Waals surface area contributed by atoms with Crippen molar-refractivity contribution in [2.24, 2.45) is 5.41 Å². The number of fused-ring (bicyclic) bond motifs is 1. The maximum Gasteiger partial charge on any atom is 0.309 e. The normalized spacial score (nSPS) is 16.5. The van der Waals surface area contributed by atoms with Crippen LogP contribution in [0.5, 0.6) is 5.75 Å². The number of alkyl halides is 1. The number of aromatic nitrogens is 1. The first-order chi connectivity index (χ1) is 17.7. The molecule has 1 saturated heterocycles. The molecule has 6 nitrogen and oxygen atoms in total. The molecular formula is C27H29ClF3N3O3. The van der Waals surface area contributed by atoms with Crippen molar-refractivity contribution in [3.8, 4) is 5.75 Å². The highest BCUT2D eigenvalue weighted by Gasteiger charge is 2.41. The monoisotopic (exact) mass is 535 g/mol. The summed E-state index contributed by atoms with van der Waals surface area (Å²) >= 11 is 6.33. The SMILES string of the molecule is COc1ccc2ncc(Cl)c([C@H](F)CCC3(C(=O)O)CCN(CCNc4cc(F)cc(F)c4)CC3)c2c1. The Morgan fingerprint density at radius 2 is 1.92 bits per heavy atom. The molecule has 1 fully saturated rings. The molecule has 4 rings (SSSR count). The Morgan fingerprint density at radius 3 is 2.57 bits per heavy atom. The first-order valence-corrected chi connectivity index (χ1v) is 12.5. The van der Waals surface area contributed by atoms with Crippen molar-refractivity contribution in [2.45, 2.75) is 31.9 Å². The predicted octanol–water partition coefficient (Wildman–Crippen LogP) is 6.24. The number of likely N-dealkylation sites (tertiary alicyclic amines) is 1. The Morgan fingerprint density at radius 1 is 1.22 bits per heavy atom. The standard InChI is InChI=1S/C27H29ClF3N3O3/c1-37-20-2-3-24-21(15-20)25(22(28)16-33-24)23(31)4-5-27(26(35)36)6-9-34(10-7-27)11-8-32-19-13-17(29)12-18(30)14-19/h2-3,12-16,23,32H,4-11H2,1H3,(H,35,36)/t23-/m1/s1. The Hall–Kier alpha value is -3.04. The van der Waals surface area contributed by atoms with E-state index in [1.54, 1.807) is 18.2 Å². The van der Waals surface area contributed by atoms with Gasteiger partial charge in [0.05, 0.1) is 23.1 Å². The van der Waals surface area contributed by atoms with Crippen molar-refractivity contribution < 1.29 is 27.8 Å². The average Bonchev–Trinajstić information content (AvgIpc) is 2.87. The number of carboxylic acid groups (broad SMARTS) is 1. The first kappa shape index (κ1) is 27.0. The van der Waals surface area contributed by atoms with Gasteiger partial charge in [0, 0.05) is 42.0 Å². The maximum atomic E-state index is 15.6. The van der Waals surface area contributed by atoms with Gasteiger partial charge in [-0.1, -0.05) is 11.6 Å². The van der Waals surface area contributed by atoms with Gasteiger partial charge in [0.2, 0.25) is 0 Å². The van der Waals surface area contributed by atoms with Gasteiger partial charge in [-0.05, 0) is 69.1 Å². The number of piperidine rings is 1. The average molecular weight is 536 g/mol. The zero-order chi connectivity index (χ0) is 26.6. The summed E-state index contributed by atoms with van der Waals surface area (Å²) in [5.74, 6) is -1.69. The molecule has 198 valence electrons. The number of benzene rings is 2. The quantitative estimate of drug-likeness (QED) is 0.320. The summed E-state index contributed by atoms with van der Waals surface area (Å²) in [6.07, 6.45) is 0.882. The van der Waals surface area contributed by atoms with Crippen LogP contribution in [-0.4, -0.2) is 54.2 Å². The third-order valence-electron chi connectivity index (χ3n) is 7.14. The number of hydrogen-bond acceptors (Lipinski definition) is 5. The molecule has 2 aromatic carbocycles. The molecule has 0 aliphatic carbocycles. The van der Waals surface area contributed by atoms with E-state index in [1.165, 1.54) is 25.4 Å². The minimum absolute atomic E-state index is 0.00896. The Balaban J connectivity index is 1.37. The van der Waals surface area contributed by atoms with Crippen LogP contribution in [0.2, 0.25) is 5.02 Å². The Kier molecular flexibility index (Phi) is 8.44. The highest BCUT2D eigenvalue weighted by molar-refractivity contribution is 6.32. The zero-order valence-corrected chi connectivity index (χ0v) is 21.2. The molecule has 0 saturated carbocycles. The number of anilines is 1. The number of pyridine rings is 1. The highest BCUT2D eigenvalue weighted by Crippen LogP contribution is 2.42.